The average Bonchev–Trinajstić information content (AvgIpc) is 2.71. The van der Waals surface area contributed by atoms with E-state index >= 15 is 0 Å². The zero-order chi connectivity index (χ0) is 13.1. The molecule has 0 aromatic carbocycles. The molecule has 1 saturated heterocycles. The van der Waals surface area contributed by atoms with Crippen LogP contribution in [0.3, 0.4) is 0 Å². The van der Waals surface area contributed by atoms with Gasteiger partial charge in [-0.05, 0) is 70.0 Å². The van der Waals surface area contributed by atoms with Crippen LogP contribution in [0, 0.1) is 17.8 Å². The van der Waals surface area contributed by atoms with Crippen LogP contribution in [0.15, 0.2) is 0 Å². The van der Waals surface area contributed by atoms with Gasteiger partial charge in [-0.1, -0.05) is 20.8 Å². The van der Waals surface area contributed by atoms with Crippen molar-refractivity contribution < 1.29 is 0 Å². The Labute approximate surface area is 114 Å². The molecule has 18 heavy (non-hydrogen) atoms. The summed E-state index contributed by atoms with van der Waals surface area (Å²) in [6, 6.07) is 1.49. The molecule has 4 unspecified atom stereocenters. The van der Waals surface area contributed by atoms with Crippen molar-refractivity contribution in [3.05, 3.63) is 0 Å². The molecule has 0 aromatic heterocycles. The summed E-state index contributed by atoms with van der Waals surface area (Å²) >= 11 is 0. The first-order valence-electron chi connectivity index (χ1n) is 8.10. The van der Waals surface area contributed by atoms with Crippen LogP contribution in [0.2, 0.25) is 0 Å². The van der Waals surface area contributed by atoms with Gasteiger partial charge >= 0.3 is 0 Å². The minimum atomic E-state index is 0.710. The normalized spacial score (nSPS) is 37.0. The highest BCUT2D eigenvalue weighted by molar-refractivity contribution is 4.89. The molecule has 0 aromatic rings. The number of hydrogen-bond acceptors (Lipinski definition) is 2. The third kappa shape index (κ3) is 3.27. The maximum Gasteiger partial charge on any atom is 0.00979 e. The number of rotatable bonds is 4. The Hall–Kier alpha value is -0.0800. The maximum atomic E-state index is 3.94. The van der Waals surface area contributed by atoms with Crippen LogP contribution in [0.25, 0.3) is 0 Å². The summed E-state index contributed by atoms with van der Waals surface area (Å²) in [6.45, 7) is 13.4. The molecule has 0 spiro atoms. The number of likely N-dealkylation sites (tertiary alicyclic amines) is 1. The summed E-state index contributed by atoms with van der Waals surface area (Å²) < 4.78 is 0. The van der Waals surface area contributed by atoms with Crippen molar-refractivity contribution in [1.82, 2.24) is 10.2 Å². The molecule has 2 fully saturated rings. The van der Waals surface area contributed by atoms with E-state index in [1.165, 1.54) is 45.3 Å². The van der Waals surface area contributed by atoms with E-state index in [-0.39, 0.29) is 0 Å². The minimum absolute atomic E-state index is 0.710. The molecule has 0 radical (unpaired) electrons. The van der Waals surface area contributed by atoms with Crippen molar-refractivity contribution in [2.45, 2.75) is 65.5 Å². The highest BCUT2D eigenvalue weighted by Gasteiger charge is 2.32. The molecule has 2 heteroatoms. The van der Waals surface area contributed by atoms with Gasteiger partial charge in [-0.3, -0.25) is 0 Å². The lowest BCUT2D eigenvalue weighted by atomic mass is 9.89. The molecule has 1 saturated carbocycles. The van der Waals surface area contributed by atoms with Crippen LogP contribution in [0.5, 0.6) is 0 Å². The molecular formula is C16H32N2. The van der Waals surface area contributed by atoms with Gasteiger partial charge in [0.2, 0.25) is 0 Å². The Balaban J connectivity index is 1.76. The summed E-state index contributed by atoms with van der Waals surface area (Å²) in [7, 11) is 0. The van der Waals surface area contributed by atoms with Crippen molar-refractivity contribution in [2.75, 3.05) is 19.6 Å². The zero-order valence-electron chi connectivity index (χ0n) is 12.8. The second-order valence-electron chi connectivity index (χ2n) is 6.75. The van der Waals surface area contributed by atoms with Gasteiger partial charge in [0.1, 0.15) is 0 Å². The number of hydrogen-bond donors (Lipinski definition) is 1. The fraction of sp³-hybridized carbons (Fsp3) is 1.00. The molecule has 2 nitrogen and oxygen atoms in total. The second-order valence-corrected chi connectivity index (χ2v) is 6.75. The smallest absolute Gasteiger partial charge is 0.00979 e. The van der Waals surface area contributed by atoms with E-state index in [2.05, 4.69) is 37.9 Å². The fourth-order valence-corrected chi connectivity index (χ4v) is 3.84. The van der Waals surface area contributed by atoms with Crippen molar-refractivity contribution in [3.8, 4) is 0 Å². The molecule has 2 aliphatic rings. The topological polar surface area (TPSA) is 15.3 Å². The minimum Gasteiger partial charge on any atom is -0.311 e. The summed E-state index contributed by atoms with van der Waals surface area (Å²) in [6.07, 6.45) is 5.58. The van der Waals surface area contributed by atoms with E-state index < -0.39 is 0 Å². The van der Waals surface area contributed by atoms with Gasteiger partial charge in [-0.2, -0.15) is 0 Å². The quantitative estimate of drug-likeness (QED) is 0.827. The summed E-state index contributed by atoms with van der Waals surface area (Å²) in [5, 5.41) is 3.94. The number of piperidine rings is 1. The largest absolute Gasteiger partial charge is 0.311 e. The van der Waals surface area contributed by atoms with Gasteiger partial charge in [0.05, 0.1) is 0 Å². The third-order valence-electron chi connectivity index (χ3n) is 5.73. The summed E-state index contributed by atoms with van der Waals surface area (Å²) in [4.78, 5) is 2.59. The number of nitrogens with zero attached hydrogens (tertiary/aromatic N) is 1. The Morgan fingerprint density at radius 1 is 1.11 bits per heavy atom. The lowest BCUT2D eigenvalue weighted by Gasteiger charge is -2.36. The molecule has 2 rings (SSSR count). The van der Waals surface area contributed by atoms with Crippen molar-refractivity contribution in [1.29, 1.82) is 0 Å². The third-order valence-corrected chi connectivity index (χ3v) is 5.73. The second kappa shape index (κ2) is 6.38. The Morgan fingerprint density at radius 2 is 1.78 bits per heavy atom. The van der Waals surface area contributed by atoms with Crippen molar-refractivity contribution in [2.24, 2.45) is 17.8 Å². The van der Waals surface area contributed by atoms with Crippen molar-refractivity contribution >= 4 is 0 Å². The fourth-order valence-electron chi connectivity index (χ4n) is 3.84. The Morgan fingerprint density at radius 3 is 2.28 bits per heavy atom. The monoisotopic (exact) mass is 252 g/mol. The predicted molar refractivity (Wildman–Crippen MR) is 78.8 cm³/mol. The van der Waals surface area contributed by atoms with Crippen LogP contribution in [0.1, 0.15) is 53.4 Å². The van der Waals surface area contributed by atoms with Crippen LogP contribution >= 0.6 is 0 Å². The van der Waals surface area contributed by atoms with Gasteiger partial charge in [-0.15, -0.1) is 0 Å². The highest BCUT2D eigenvalue weighted by atomic mass is 15.1. The standard InChI is InChI=1S/C16H32N2/c1-5-18-10-8-15(9-11-18)14(4)17-16-7-6-12(2)13(16)3/h12-17H,5-11H2,1-4H3. The molecule has 1 aliphatic carbocycles. The summed E-state index contributed by atoms with van der Waals surface area (Å²) in [5.74, 6) is 2.68. The predicted octanol–water partition coefficient (Wildman–Crippen LogP) is 3.13. The first kappa shape index (κ1) is 14.3. The molecule has 0 bridgehead atoms. The molecule has 0 amide bonds. The van der Waals surface area contributed by atoms with E-state index in [0.29, 0.717) is 6.04 Å². The Kier molecular flexibility index (Phi) is 5.08. The van der Waals surface area contributed by atoms with Gasteiger partial charge in [-0.25, -0.2) is 0 Å². The molecule has 1 heterocycles. The molecule has 1 N–H and O–H groups in total. The lowest BCUT2D eigenvalue weighted by molar-refractivity contribution is 0.160. The van der Waals surface area contributed by atoms with E-state index in [9.17, 15) is 0 Å². The van der Waals surface area contributed by atoms with E-state index in [1.54, 1.807) is 0 Å². The molecular weight excluding hydrogens is 220 g/mol. The lowest BCUT2D eigenvalue weighted by Crippen LogP contribution is -2.46. The first-order valence-corrected chi connectivity index (χ1v) is 8.10. The highest BCUT2D eigenvalue weighted by Crippen LogP contribution is 2.32. The van der Waals surface area contributed by atoms with Gasteiger partial charge in [0, 0.05) is 12.1 Å². The van der Waals surface area contributed by atoms with Crippen LogP contribution in [-0.2, 0) is 0 Å². The van der Waals surface area contributed by atoms with E-state index in [4.69, 9.17) is 0 Å². The van der Waals surface area contributed by atoms with Crippen LogP contribution in [0.4, 0.5) is 0 Å². The van der Waals surface area contributed by atoms with Gasteiger partial charge in [0.15, 0.2) is 0 Å². The molecule has 1 aliphatic heterocycles. The van der Waals surface area contributed by atoms with Crippen molar-refractivity contribution in [3.63, 3.8) is 0 Å². The Bertz CT molecular complexity index is 245. The molecule has 4 atom stereocenters. The average molecular weight is 252 g/mol. The van der Waals surface area contributed by atoms with Gasteiger partial charge < -0.3 is 10.2 Å². The van der Waals surface area contributed by atoms with Crippen LogP contribution < -0.4 is 5.32 Å². The van der Waals surface area contributed by atoms with Gasteiger partial charge in [0.25, 0.3) is 0 Å². The first-order chi connectivity index (χ1) is 8.61. The van der Waals surface area contributed by atoms with E-state index in [1.807, 2.05) is 0 Å². The number of nitrogens with one attached hydrogen (secondary N) is 1. The van der Waals surface area contributed by atoms with E-state index in [0.717, 1.165) is 23.8 Å². The summed E-state index contributed by atoms with van der Waals surface area (Å²) in [5.41, 5.74) is 0. The molecule has 106 valence electrons. The SMILES string of the molecule is CCN1CCC(C(C)NC2CCC(C)C2C)CC1. The zero-order valence-corrected chi connectivity index (χ0v) is 12.8. The maximum absolute atomic E-state index is 3.94. The van der Waals surface area contributed by atoms with Crippen LogP contribution in [-0.4, -0.2) is 36.6 Å².